The van der Waals surface area contributed by atoms with Crippen LogP contribution in [0.15, 0.2) is 30.3 Å². The number of carbonyl (C=O) groups excluding carboxylic acids is 1. The highest BCUT2D eigenvalue weighted by molar-refractivity contribution is 5.72. The number of nitro benzene ring substituents is 1. The molecule has 0 aromatic heterocycles. The molecule has 1 aliphatic heterocycles. The highest BCUT2D eigenvalue weighted by atomic mass is 16.6. The van der Waals surface area contributed by atoms with Crippen LogP contribution in [-0.4, -0.2) is 35.6 Å². The third kappa shape index (κ3) is 4.07. The van der Waals surface area contributed by atoms with Gasteiger partial charge in [0.1, 0.15) is 0 Å². The minimum Gasteiger partial charge on any atom is -0.449 e. The van der Waals surface area contributed by atoms with E-state index in [0.29, 0.717) is 19.7 Å². The lowest BCUT2D eigenvalue weighted by Crippen LogP contribution is -2.35. The van der Waals surface area contributed by atoms with E-state index in [2.05, 4.69) is 0 Å². The summed E-state index contributed by atoms with van der Waals surface area (Å²) >= 11 is 0. The van der Waals surface area contributed by atoms with Crippen LogP contribution < -0.4 is 0 Å². The van der Waals surface area contributed by atoms with E-state index < -0.39 is 4.92 Å². The van der Waals surface area contributed by atoms with Crippen molar-refractivity contribution in [3.05, 3.63) is 46.0 Å². The van der Waals surface area contributed by atoms with Crippen LogP contribution in [0.4, 0.5) is 10.5 Å². The van der Waals surface area contributed by atoms with Gasteiger partial charge in [-0.25, -0.2) is 4.79 Å². The van der Waals surface area contributed by atoms with Crippen molar-refractivity contribution < 1.29 is 14.5 Å². The molecule has 0 aliphatic carbocycles. The van der Waals surface area contributed by atoms with Crippen LogP contribution >= 0.6 is 0 Å². The van der Waals surface area contributed by atoms with Crippen molar-refractivity contribution in [2.75, 3.05) is 19.7 Å². The lowest BCUT2D eigenvalue weighted by Gasteiger charge is -2.26. The topological polar surface area (TPSA) is 72.7 Å². The fraction of sp³-hybridized carbons (Fsp3) is 0.438. The summed E-state index contributed by atoms with van der Waals surface area (Å²) in [7, 11) is 0. The molecule has 0 N–H and O–H groups in total. The second-order valence-electron chi connectivity index (χ2n) is 5.20. The Morgan fingerprint density at radius 2 is 2.09 bits per heavy atom. The van der Waals surface area contributed by atoms with Gasteiger partial charge in [0.2, 0.25) is 0 Å². The van der Waals surface area contributed by atoms with Crippen molar-refractivity contribution in [1.29, 1.82) is 0 Å². The summed E-state index contributed by atoms with van der Waals surface area (Å²) in [4.78, 5) is 23.7. The van der Waals surface area contributed by atoms with Crippen LogP contribution in [0.2, 0.25) is 0 Å². The van der Waals surface area contributed by atoms with Gasteiger partial charge in [0, 0.05) is 25.2 Å². The Kier molecular flexibility index (Phi) is 5.52. The standard InChI is InChI=1S/C16H20N2O4/c1-2-3-12-22-16(19)17-10-8-14(9-11-17)13-4-6-15(7-5-13)18(20)21/h4-8H,2-3,9-12H2,1H3. The van der Waals surface area contributed by atoms with Crippen molar-refractivity contribution in [2.24, 2.45) is 0 Å². The van der Waals surface area contributed by atoms with Gasteiger partial charge in [-0.2, -0.15) is 0 Å². The van der Waals surface area contributed by atoms with Crippen LogP contribution in [0.5, 0.6) is 0 Å². The van der Waals surface area contributed by atoms with Gasteiger partial charge < -0.3 is 9.64 Å². The minimum absolute atomic E-state index is 0.0845. The number of non-ortho nitro benzene ring substituents is 1. The molecule has 1 heterocycles. The molecule has 1 aliphatic rings. The SMILES string of the molecule is CCCCOC(=O)N1CC=C(c2ccc([N+](=O)[O-])cc2)CC1. The number of unbranched alkanes of at least 4 members (excludes halogenated alkanes) is 1. The van der Waals surface area contributed by atoms with Gasteiger partial charge in [-0.15, -0.1) is 0 Å². The number of nitrogens with zero attached hydrogens (tertiary/aromatic N) is 2. The number of rotatable bonds is 5. The van der Waals surface area contributed by atoms with Crippen LogP contribution in [0.1, 0.15) is 31.7 Å². The summed E-state index contributed by atoms with van der Waals surface area (Å²) in [6.07, 6.45) is 4.31. The van der Waals surface area contributed by atoms with E-state index in [1.165, 1.54) is 12.1 Å². The molecular formula is C16H20N2O4. The molecule has 1 amide bonds. The third-order valence-electron chi connectivity index (χ3n) is 3.64. The van der Waals surface area contributed by atoms with Crippen molar-refractivity contribution in [2.45, 2.75) is 26.2 Å². The van der Waals surface area contributed by atoms with Gasteiger partial charge in [-0.3, -0.25) is 10.1 Å². The number of carbonyl (C=O) groups is 1. The first-order chi connectivity index (χ1) is 10.6. The lowest BCUT2D eigenvalue weighted by atomic mass is 9.99. The molecule has 6 nitrogen and oxygen atoms in total. The molecule has 0 radical (unpaired) electrons. The van der Waals surface area contributed by atoms with E-state index >= 15 is 0 Å². The van der Waals surface area contributed by atoms with Gasteiger partial charge in [0.15, 0.2) is 0 Å². The Bertz CT molecular complexity index is 566. The van der Waals surface area contributed by atoms with Crippen molar-refractivity contribution >= 4 is 17.4 Å². The largest absolute Gasteiger partial charge is 0.449 e. The minimum atomic E-state index is -0.410. The first-order valence-corrected chi connectivity index (χ1v) is 7.47. The second-order valence-corrected chi connectivity index (χ2v) is 5.20. The first kappa shape index (κ1) is 16.0. The van der Waals surface area contributed by atoms with Crippen LogP contribution in [0, 0.1) is 10.1 Å². The predicted octanol–water partition coefficient (Wildman–Crippen LogP) is 3.62. The highest BCUT2D eigenvalue weighted by Gasteiger charge is 2.19. The molecule has 0 bridgehead atoms. The molecule has 0 saturated heterocycles. The molecule has 0 fully saturated rings. The van der Waals surface area contributed by atoms with Gasteiger partial charge in [-0.1, -0.05) is 19.4 Å². The summed E-state index contributed by atoms with van der Waals surface area (Å²) in [5, 5.41) is 10.6. The third-order valence-corrected chi connectivity index (χ3v) is 3.64. The zero-order valence-corrected chi connectivity index (χ0v) is 12.7. The number of amides is 1. The van der Waals surface area contributed by atoms with Crippen LogP contribution in [0.3, 0.4) is 0 Å². The van der Waals surface area contributed by atoms with Gasteiger partial charge in [0.05, 0.1) is 11.5 Å². The zero-order valence-electron chi connectivity index (χ0n) is 12.7. The fourth-order valence-corrected chi connectivity index (χ4v) is 2.29. The molecule has 1 aromatic rings. The molecule has 22 heavy (non-hydrogen) atoms. The Morgan fingerprint density at radius 1 is 1.36 bits per heavy atom. The summed E-state index contributed by atoms with van der Waals surface area (Å²) < 4.78 is 5.19. The lowest BCUT2D eigenvalue weighted by molar-refractivity contribution is -0.384. The second kappa shape index (κ2) is 7.59. The normalized spacial score (nSPS) is 14.4. The van der Waals surface area contributed by atoms with E-state index in [0.717, 1.165) is 30.4 Å². The molecule has 6 heteroatoms. The van der Waals surface area contributed by atoms with Gasteiger partial charge in [0.25, 0.3) is 5.69 Å². The molecular weight excluding hydrogens is 284 g/mol. The summed E-state index contributed by atoms with van der Waals surface area (Å²) in [5.41, 5.74) is 2.15. The number of ether oxygens (including phenoxy) is 1. The zero-order chi connectivity index (χ0) is 15.9. The maximum absolute atomic E-state index is 11.8. The summed E-state index contributed by atoms with van der Waals surface area (Å²) in [6, 6.07) is 6.50. The van der Waals surface area contributed by atoms with Crippen LogP contribution in [-0.2, 0) is 4.74 Å². The Balaban J connectivity index is 1.93. The average Bonchev–Trinajstić information content (AvgIpc) is 2.55. The number of hydrogen-bond acceptors (Lipinski definition) is 4. The fourth-order valence-electron chi connectivity index (χ4n) is 2.29. The maximum atomic E-state index is 11.8. The summed E-state index contributed by atoms with van der Waals surface area (Å²) in [6.45, 7) is 3.63. The van der Waals surface area contributed by atoms with E-state index in [1.807, 2.05) is 13.0 Å². The number of nitro groups is 1. The van der Waals surface area contributed by atoms with Crippen molar-refractivity contribution in [3.63, 3.8) is 0 Å². The molecule has 0 spiro atoms. The van der Waals surface area contributed by atoms with Crippen LogP contribution in [0.25, 0.3) is 5.57 Å². The van der Waals surface area contributed by atoms with E-state index in [-0.39, 0.29) is 11.8 Å². The Labute approximate surface area is 129 Å². The van der Waals surface area contributed by atoms with Crippen molar-refractivity contribution in [1.82, 2.24) is 4.90 Å². The molecule has 0 atom stereocenters. The monoisotopic (exact) mass is 304 g/mol. The molecule has 2 rings (SSSR count). The molecule has 0 saturated carbocycles. The molecule has 118 valence electrons. The first-order valence-electron chi connectivity index (χ1n) is 7.47. The Hall–Kier alpha value is -2.37. The maximum Gasteiger partial charge on any atom is 0.410 e. The molecule has 0 unspecified atom stereocenters. The average molecular weight is 304 g/mol. The number of hydrogen-bond donors (Lipinski definition) is 0. The predicted molar refractivity (Wildman–Crippen MR) is 83.5 cm³/mol. The van der Waals surface area contributed by atoms with Crippen molar-refractivity contribution in [3.8, 4) is 0 Å². The Morgan fingerprint density at radius 3 is 2.64 bits per heavy atom. The van der Waals surface area contributed by atoms with E-state index in [4.69, 9.17) is 4.74 Å². The van der Waals surface area contributed by atoms with E-state index in [9.17, 15) is 14.9 Å². The summed E-state index contributed by atoms with van der Waals surface area (Å²) in [5.74, 6) is 0. The van der Waals surface area contributed by atoms with Gasteiger partial charge >= 0.3 is 6.09 Å². The van der Waals surface area contributed by atoms with Gasteiger partial charge in [-0.05, 0) is 36.1 Å². The number of benzene rings is 1. The quantitative estimate of drug-likeness (QED) is 0.473. The smallest absolute Gasteiger partial charge is 0.410 e. The van der Waals surface area contributed by atoms with E-state index in [1.54, 1.807) is 17.0 Å². The molecule has 1 aromatic carbocycles. The highest BCUT2D eigenvalue weighted by Crippen LogP contribution is 2.24.